The van der Waals surface area contributed by atoms with Crippen LogP contribution in [-0.2, 0) is 6.18 Å². The topological polar surface area (TPSA) is 47.5 Å². The molecule has 0 radical (unpaired) electrons. The first-order valence-electron chi connectivity index (χ1n) is 8.96. The third-order valence-corrected chi connectivity index (χ3v) is 4.45. The maximum absolute atomic E-state index is 13.3. The first-order valence-corrected chi connectivity index (χ1v) is 8.96. The van der Waals surface area contributed by atoms with E-state index in [9.17, 15) is 13.2 Å². The summed E-state index contributed by atoms with van der Waals surface area (Å²) >= 11 is 0. The standard InChI is InChI=1S/C19H22F3N3O2/c1-3-26-16-11-7-6-10-15(16)25(2)18-23-12-14(19(20,21)22)17(24-18)27-13-8-4-5-9-13/h6-7,10-13H,3-5,8-9H2,1-2H3. The van der Waals surface area contributed by atoms with Crippen molar-refractivity contribution in [3.63, 3.8) is 0 Å². The zero-order chi connectivity index (χ0) is 19.4. The van der Waals surface area contributed by atoms with Crippen LogP contribution in [0.15, 0.2) is 30.5 Å². The van der Waals surface area contributed by atoms with Gasteiger partial charge in [-0.2, -0.15) is 18.2 Å². The van der Waals surface area contributed by atoms with Crippen molar-refractivity contribution < 1.29 is 22.6 Å². The van der Waals surface area contributed by atoms with Gasteiger partial charge in [0.05, 0.1) is 12.3 Å². The van der Waals surface area contributed by atoms with Crippen LogP contribution in [0.3, 0.4) is 0 Å². The quantitative estimate of drug-likeness (QED) is 0.706. The van der Waals surface area contributed by atoms with E-state index in [-0.39, 0.29) is 12.1 Å². The second-order valence-electron chi connectivity index (χ2n) is 6.37. The predicted octanol–water partition coefficient (Wildman–Crippen LogP) is 4.98. The summed E-state index contributed by atoms with van der Waals surface area (Å²) in [5, 5.41) is 0. The molecule has 8 heteroatoms. The van der Waals surface area contributed by atoms with Gasteiger partial charge in [0.2, 0.25) is 11.8 Å². The molecule has 0 amide bonds. The molecule has 0 spiro atoms. The summed E-state index contributed by atoms with van der Waals surface area (Å²) in [4.78, 5) is 9.60. The summed E-state index contributed by atoms with van der Waals surface area (Å²) in [6.45, 7) is 2.33. The van der Waals surface area contributed by atoms with E-state index in [0.717, 1.165) is 31.9 Å². The Kier molecular flexibility index (Phi) is 5.72. The Balaban J connectivity index is 1.96. The largest absolute Gasteiger partial charge is 0.492 e. The number of ether oxygens (including phenoxy) is 2. The average molecular weight is 381 g/mol. The number of anilines is 2. The Morgan fingerprint density at radius 3 is 2.56 bits per heavy atom. The Bertz CT molecular complexity index is 777. The third-order valence-electron chi connectivity index (χ3n) is 4.45. The fourth-order valence-corrected chi connectivity index (χ4v) is 3.09. The molecule has 1 aromatic heterocycles. The Labute approximate surface area is 156 Å². The smallest absolute Gasteiger partial charge is 0.423 e. The van der Waals surface area contributed by atoms with Crippen LogP contribution in [0.1, 0.15) is 38.2 Å². The van der Waals surface area contributed by atoms with Gasteiger partial charge in [0.1, 0.15) is 17.4 Å². The van der Waals surface area contributed by atoms with E-state index in [1.807, 2.05) is 19.1 Å². The maximum atomic E-state index is 13.3. The van der Waals surface area contributed by atoms with Gasteiger partial charge in [-0.25, -0.2) is 4.98 Å². The molecule has 5 nitrogen and oxygen atoms in total. The van der Waals surface area contributed by atoms with Gasteiger partial charge in [-0.3, -0.25) is 0 Å². The minimum absolute atomic E-state index is 0.114. The van der Waals surface area contributed by atoms with E-state index in [4.69, 9.17) is 9.47 Å². The van der Waals surface area contributed by atoms with E-state index in [0.29, 0.717) is 18.0 Å². The molecule has 1 aliphatic rings. The lowest BCUT2D eigenvalue weighted by molar-refractivity contribution is -0.139. The molecule has 1 heterocycles. The van der Waals surface area contributed by atoms with E-state index < -0.39 is 17.6 Å². The minimum Gasteiger partial charge on any atom is -0.492 e. The molecule has 2 aromatic rings. The number of alkyl halides is 3. The van der Waals surface area contributed by atoms with Crippen molar-refractivity contribution in [1.82, 2.24) is 9.97 Å². The van der Waals surface area contributed by atoms with Crippen molar-refractivity contribution in [2.24, 2.45) is 0 Å². The predicted molar refractivity (Wildman–Crippen MR) is 95.6 cm³/mol. The van der Waals surface area contributed by atoms with Crippen molar-refractivity contribution >= 4 is 11.6 Å². The summed E-state index contributed by atoms with van der Waals surface area (Å²) in [6, 6.07) is 7.22. The van der Waals surface area contributed by atoms with Gasteiger partial charge in [0, 0.05) is 13.2 Å². The number of aromatic nitrogens is 2. The highest BCUT2D eigenvalue weighted by Gasteiger charge is 2.37. The fraction of sp³-hybridized carbons (Fsp3) is 0.474. The Hall–Kier alpha value is -2.51. The highest BCUT2D eigenvalue weighted by Crippen LogP contribution is 2.38. The van der Waals surface area contributed by atoms with Crippen LogP contribution in [0.2, 0.25) is 0 Å². The molecule has 146 valence electrons. The molecule has 0 saturated heterocycles. The van der Waals surface area contributed by atoms with E-state index >= 15 is 0 Å². The highest BCUT2D eigenvalue weighted by molar-refractivity contribution is 5.65. The Morgan fingerprint density at radius 1 is 1.19 bits per heavy atom. The van der Waals surface area contributed by atoms with Crippen LogP contribution in [-0.4, -0.2) is 29.7 Å². The average Bonchev–Trinajstić information content (AvgIpc) is 3.14. The number of para-hydroxylation sites is 2. The highest BCUT2D eigenvalue weighted by atomic mass is 19.4. The van der Waals surface area contributed by atoms with Crippen LogP contribution in [0.4, 0.5) is 24.8 Å². The fourth-order valence-electron chi connectivity index (χ4n) is 3.09. The van der Waals surface area contributed by atoms with Crippen LogP contribution < -0.4 is 14.4 Å². The lowest BCUT2D eigenvalue weighted by Crippen LogP contribution is -2.20. The lowest BCUT2D eigenvalue weighted by Gasteiger charge is -2.22. The first kappa shape index (κ1) is 19.3. The van der Waals surface area contributed by atoms with Crippen molar-refractivity contribution in [1.29, 1.82) is 0 Å². The molecule has 0 unspecified atom stereocenters. The van der Waals surface area contributed by atoms with Crippen molar-refractivity contribution in [3.05, 3.63) is 36.0 Å². The first-order chi connectivity index (χ1) is 12.9. The number of hydrogen-bond acceptors (Lipinski definition) is 5. The number of benzene rings is 1. The van der Waals surface area contributed by atoms with Crippen LogP contribution in [0.5, 0.6) is 11.6 Å². The second-order valence-corrected chi connectivity index (χ2v) is 6.37. The SMILES string of the molecule is CCOc1ccccc1N(C)c1ncc(C(F)(F)F)c(OC2CCCC2)n1. The lowest BCUT2D eigenvalue weighted by atomic mass is 10.2. The van der Waals surface area contributed by atoms with Gasteiger partial charge < -0.3 is 14.4 Å². The molecule has 0 N–H and O–H groups in total. The summed E-state index contributed by atoms with van der Waals surface area (Å²) in [5.74, 6) is 0.299. The number of nitrogens with zero attached hydrogens (tertiary/aromatic N) is 3. The van der Waals surface area contributed by atoms with Crippen LogP contribution in [0.25, 0.3) is 0 Å². The summed E-state index contributed by atoms with van der Waals surface area (Å²) in [7, 11) is 1.68. The molecular weight excluding hydrogens is 359 g/mol. The number of rotatable bonds is 6. The maximum Gasteiger partial charge on any atom is 0.423 e. The molecular formula is C19H22F3N3O2. The van der Waals surface area contributed by atoms with Gasteiger partial charge in [0.15, 0.2) is 0 Å². The van der Waals surface area contributed by atoms with Gasteiger partial charge in [0.25, 0.3) is 0 Å². The molecule has 1 aliphatic carbocycles. The van der Waals surface area contributed by atoms with E-state index in [2.05, 4.69) is 9.97 Å². The monoisotopic (exact) mass is 381 g/mol. The summed E-state index contributed by atoms with van der Waals surface area (Å²) in [6.07, 6.45) is -0.660. The van der Waals surface area contributed by atoms with Gasteiger partial charge in [-0.1, -0.05) is 12.1 Å². The van der Waals surface area contributed by atoms with Crippen molar-refractivity contribution in [3.8, 4) is 11.6 Å². The number of halogens is 3. The molecule has 27 heavy (non-hydrogen) atoms. The molecule has 1 saturated carbocycles. The summed E-state index contributed by atoms with van der Waals surface area (Å²) in [5.41, 5.74) is -0.296. The molecule has 1 aromatic carbocycles. The molecule has 3 rings (SSSR count). The van der Waals surface area contributed by atoms with Crippen LogP contribution >= 0.6 is 0 Å². The van der Waals surface area contributed by atoms with Crippen LogP contribution in [0, 0.1) is 0 Å². The Morgan fingerprint density at radius 2 is 1.89 bits per heavy atom. The molecule has 0 atom stereocenters. The molecule has 1 fully saturated rings. The normalized spacial score (nSPS) is 15.0. The number of hydrogen-bond donors (Lipinski definition) is 0. The third kappa shape index (κ3) is 4.43. The zero-order valence-electron chi connectivity index (χ0n) is 15.3. The molecule has 0 aliphatic heterocycles. The van der Waals surface area contributed by atoms with Gasteiger partial charge in [-0.15, -0.1) is 0 Å². The van der Waals surface area contributed by atoms with E-state index in [1.165, 1.54) is 0 Å². The van der Waals surface area contributed by atoms with Gasteiger partial charge >= 0.3 is 6.18 Å². The zero-order valence-corrected chi connectivity index (χ0v) is 15.3. The van der Waals surface area contributed by atoms with E-state index in [1.54, 1.807) is 24.1 Å². The van der Waals surface area contributed by atoms with Crippen molar-refractivity contribution in [2.45, 2.75) is 44.9 Å². The molecule has 0 bridgehead atoms. The second kappa shape index (κ2) is 8.02. The minimum atomic E-state index is -4.58. The van der Waals surface area contributed by atoms with Crippen molar-refractivity contribution in [2.75, 3.05) is 18.6 Å². The van der Waals surface area contributed by atoms with Gasteiger partial charge in [-0.05, 0) is 44.7 Å². The summed E-state index contributed by atoms with van der Waals surface area (Å²) < 4.78 is 51.2.